The number of sulfone groups is 1. The highest BCUT2D eigenvalue weighted by atomic mass is 32.2. The van der Waals surface area contributed by atoms with E-state index in [2.05, 4.69) is 0 Å². The Kier molecular flexibility index (Phi) is 4.08. The van der Waals surface area contributed by atoms with E-state index in [1.165, 1.54) is 38.3 Å². The fourth-order valence-corrected chi connectivity index (χ4v) is 5.03. The number of hydrogen-bond acceptors (Lipinski definition) is 4. The first-order chi connectivity index (χ1) is 9.81. The number of hydrogen-bond donors (Lipinski definition) is 1. The second-order valence-corrected chi connectivity index (χ2v) is 7.59. The summed E-state index contributed by atoms with van der Waals surface area (Å²) < 4.78 is 42.4. The van der Waals surface area contributed by atoms with Crippen molar-refractivity contribution in [1.29, 1.82) is 0 Å². The molecule has 0 aliphatic heterocycles. The van der Waals surface area contributed by atoms with Crippen LogP contribution in [0.25, 0.3) is 0 Å². The molecule has 2 rings (SSSR count). The maximum atomic E-state index is 13.0. The van der Waals surface area contributed by atoms with Crippen LogP contribution in [0.5, 0.6) is 0 Å². The Labute approximate surface area is 122 Å². The molecule has 116 valence electrons. The van der Waals surface area contributed by atoms with Crippen molar-refractivity contribution in [3.63, 3.8) is 0 Å². The predicted molar refractivity (Wildman–Crippen MR) is 74.3 cm³/mol. The third-order valence-corrected chi connectivity index (χ3v) is 6.33. The van der Waals surface area contributed by atoms with Crippen molar-refractivity contribution in [3.8, 4) is 0 Å². The molecule has 1 fully saturated rings. The molecule has 0 aromatic heterocycles. The van der Waals surface area contributed by atoms with Gasteiger partial charge in [0.25, 0.3) is 0 Å². The summed E-state index contributed by atoms with van der Waals surface area (Å²) in [5.41, 5.74) is -1.00. The van der Waals surface area contributed by atoms with Gasteiger partial charge in [0.05, 0.1) is 11.9 Å². The first-order valence-corrected chi connectivity index (χ1v) is 8.22. The van der Waals surface area contributed by atoms with Crippen LogP contribution in [0.15, 0.2) is 24.3 Å². The van der Waals surface area contributed by atoms with E-state index >= 15 is 0 Å². The first kappa shape index (κ1) is 15.9. The fraction of sp³-hybridized carbons (Fsp3) is 0.500. The highest BCUT2D eigenvalue weighted by Crippen LogP contribution is 2.63. The van der Waals surface area contributed by atoms with Crippen LogP contribution in [0, 0.1) is 11.2 Å². The summed E-state index contributed by atoms with van der Waals surface area (Å²) in [5, 5.41) is 8.49. The molecule has 0 spiro atoms. The van der Waals surface area contributed by atoms with Crippen molar-refractivity contribution in [2.24, 2.45) is 5.41 Å². The molecule has 0 radical (unpaired) electrons. The molecule has 0 heterocycles. The van der Waals surface area contributed by atoms with Crippen LogP contribution in [0.1, 0.15) is 18.4 Å². The molecule has 1 aromatic carbocycles. The Morgan fingerprint density at radius 1 is 1.38 bits per heavy atom. The largest absolute Gasteiger partial charge is 0.481 e. The molecular formula is C14H17FO5S. The van der Waals surface area contributed by atoms with Crippen molar-refractivity contribution in [1.82, 2.24) is 0 Å². The Hall–Kier alpha value is -1.47. The van der Waals surface area contributed by atoms with E-state index in [9.17, 15) is 22.7 Å². The predicted octanol–water partition coefficient (Wildman–Crippen LogP) is 1.44. The Bertz CT molecular complexity index is 640. The number of aliphatic carboxylic acids is 1. The normalized spacial score (nSPS) is 28.3. The van der Waals surface area contributed by atoms with Crippen LogP contribution in [0.2, 0.25) is 0 Å². The van der Waals surface area contributed by atoms with Crippen LogP contribution >= 0.6 is 0 Å². The highest BCUT2D eigenvalue weighted by molar-refractivity contribution is 7.92. The van der Waals surface area contributed by atoms with Gasteiger partial charge >= 0.3 is 5.97 Å². The van der Waals surface area contributed by atoms with E-state index in [4.69, 9.17) is 4.74 Å². The molecule has 0 bridgehead atoms. The molecule has 1 N–H and O–H groups in total. The molecule has 5 nitrogen and oxygen atoms in total. The van der Waals surface area contributed by atoms with Gasteiger partial charge in [0.2, 0.25) is 0 Å². The monoisotopic (exact) mass is 316 g/mol. The van der Waals surface area contributed by atoms with E-state index < -0.39 is 38.2 Å². The van der Waals surface area contributed by atoms with Crippen molar-refractivity contribution in [2.45, 2.75) is 18.1 Å². The Balaban J connectivity index is 2.51. The average Bonchev–Trinajstić information content (AvgIpc) is 3.11. The lowest BCUT2D eigenvalue weighted by Crippen LogP contribution is -2.29. The lowest BCUT2D eigenvalue weighted by Gasteiger charge is -2.11. The Morgan fingerprint density at radius 3 is 2.38 bits per heavy atom. The summed E-state index contributed by atoms with van der Waals surface area (Å²) in [6.45, 7) is 1.28. The van der Waals surface area contributed by atoms with Crippen molar-refractivity contribution >= 4 is 15.8 Å². The number of methoxy groups -OCH3 is 1. The van der Waals surface area contributed by atoms with E-state index in [-0.39, 0.29) is 12.4 Å². The molecule has 21 heavy (non-hydrogen) atoms. The molecular weight excluding hydrogens is 299 g/mol. The lowest BCUT2D eigenvalue weighted by molar-refractivity contribution is -0.145. The number of ether oxygens (including phenoxy) is 1. The topological polar surface area (TPSA) is 80.7 Å². The molecule has 1 aliphatic rings. The standard InChI is InChI=1S/C14H17FO5S/c1-3-21(18,19)12-11(9-4-6-10(15)7-5-9)14(12,8-20-2)13(16)17/h4-7,11-12H,3,8H2,1-2H3,(H,16,17)/t11-,12-,14-/m1/s1. The van der Waals surface area contributed by atoms with Gasteiger partial charge in [-0.05, 0) is 17.7 Å². The van der Waals surface area contributed by atoms with Gasteiger partial charge in [-0.2, -0.15) is 0 Å². The zero-order valence-corrected chi connectivity index (χ0v) is 12.6. The van der Waals surface area contributed by atoms with Gasteiger partial charge in [-0.1, -0.05) is 19.1 Å². The van der Waals surface area contributed by atoms with Gasteiger partial charge in [-0.15, -0.1) is 0 Å². The van der Waals surface area contributed by atoms with Gasteiger partial charge in [0.15, 0.2) is 9.84 Å². The summed E-state index contributed by atoms with van der Waals surface area (Å²) >= 11 is 0. The lowest BCUT2D eigenvalue weighted by atomic mass is 10.00. The summed E-state index contributed by atoms with van der Waals surface area (Å²) in [4.78, 5) is 11.7. The zero-order chi connectivity index (χ0) is 15.8. The number of carboxylic acid groups (broad SMARTS) is 1. The van der Waals surface area contributed by atoms with Crippen molar-refractivity contribution < 1.29 is 27.4 Å². The van der Waals surface area contributed by atoms with Crippen LogP contribution < -0.4 is 0 Å². The first-order valence-electron chi connectivity index (χ1n) is 6.50. The van der Waals surface area contributed by atoms with Gasteiger partial charge in [-0.25, -0.2) is 12.8 Å². The van der Waals surface area contributed by atoms with Gasteiger partial charge in [0.1, 0.15) is 11.2 Å². The number of halogens is 1. The van der Waals surface area contributed by atoms with E-state index in [0.29, 0.717) is 5.56 Å². The number of carbonyl (C=O) groups is 1. The van der Waals surface area contributed by atoms with Gasteiger partial charge in [0, 0.05) is 18.8 Å². The summed E-state index contributed by atoms with van der Waals surface area (Å²) in [6, 6.07) is 5.25. The van der Waals surface area contributed by atoms with Gasteiger partial charge in [-0.3, -0.25) is 4.79 Å². The molecule has 3 atom stereocenters. The van der Waals surface area contributed by atoms with Crippen molar-refractivity contribution in [3.05, 3.63) is 35.6 Å². The number of rotatable bonds is 6. The van der Waals surface area contributed by atoms with Gasteiger partial charge < -0.3 is 9.84 Å². The minimum Gasteiger partial charge on any atom is -0.481 e. The summed E-state index contributed by atoms with van der Waals surface area (Å²) in [6.07, 6.45) is 0. The van der Waals surface area contributed by atoms with E-state index in [0.717, 1.165) is 0 Å². The Morgan fingerprint density at radius 2 is 1.95 bits per heavy atom. The summed E-state index contributed by atoms with van der Waals surface area (Å²) in [7, 11) is -2.23. The molecule has 0 unspecified atom stereocenters. The second-order valence-electron chi connectivity index (χ2n) is 5.18. The smallest absolute Gasteiger partial charge is 0.314 e. The molecule has 0 amide bonds. The minimum atomic E-state index is -3.56. The number of carboxylic acids is 1. The van der Waals surface area contributed by atoms with Crippen LogP contribution in [0.4, 0.5) is 4.39 Å². The molecule has 1 aromatic rings. The number of benzene rings is 1. The van der Waals surface area contributed by atoms with E-state index in [1.54, 1.807) is 0 Å². The van der Waals surface area contributed by atoms with E-state index in [1.807, 2.05) is 0 Å². The van der Waals surface area contributed by atoms with Crippen molar-refractivity contribution in [2.75, 3.05) is 19.5 Å². The third-order valence-electron chi connectivity index (χ3n) is 4.06. The maximum Gasteiger partial charge on any atom is 0.314 e. The second kappa shape index (κ2) is 5.38. The molecule has 1 saturated carbocycles. The SMILES string of the molecule is CCS(=O)(=O)[C@@H]1[C@@H](c2ccc(F)cc2)[C@@]1(COC)C(=O)O. The van der Waals surface area contributed by atoms with Crippen LogP contribution in [-0.4, -0.2) is 44.2 Å². The highest BCUT2D eigenvalue weighted by Gasteiger charge is 2.75. The van der Waals surface area contributed by atoms with Crippen LogP contribution in [0.3, 0.4) is 0 Å². The minimum absolute atomic E-state index is 0.145. The molecule has 1 aliphatic carbocycles. The fourth-order valence-electron chi connectivity index (χ4n) is 2.98. The average molecular weight is 316 g/mol. The zero-order valence-electron chi connectivity index (χ0n) is 11.7. The third kappa shape index (κ3) is 2.44. The molecule has 0 saturated heterocycles. The van der Waals surface area contributed by atoms with Crippen LogP contribution in [-0.2, 0) is 19.4 Å². The quantitative estimate of drug-likeness (QED) is 0.859. The maximum absolute atomic E-state index is 13.0. The molecule has 7 heteroatoms. The summed E-state index contributed by atoms with van der Waals surface area (Å²) in [5.74, 6) is -2.53.